The number of rotatable bonds is 4. The van der Waals surface area contributed by atoms with Crippen LogP contribution in [0.25, 0.3) is 10.1 Å². The highest BCUT2D eigenvalue weighted by atomic mass is 32.2. The van der Waals surface area contributed by atoms with Crippen molar-refractivity contribution in [2.45, 2.75) is 24.8 Å². The Hall–Kier alpha value is -3.16. The largest absolute Gasteiger partial charge is 0.333 e. The molecule has 1 aromatic heterocycles. The van der Waals surface area contributed by atoms with Crippen molar-refractivity contribution >= 4 is 43.0 Å². The summed E-state index contributed by atoms with van der Waals surface area (Å²) in [6.45, 7) is 3.24. The maximum absolute atomic E-state index is 13.2. The lowest BCUT2D eigenvalue weighted by Gasteiger charge is -2.28. The van der Waals surface area contributed by atoms with Crippen molar-refractivity contribution in [3.8, 4) is 0 Å². The van der Waals surface area contributed by atoms with Crippen LogP contribution in [-0.4, -0.2) is 32.8 Å². The highest BCUT2D eigenvalue weighted by molar-refractivity contribution is 7.92. The molecule has 5 rings (SSSR count). The van der Waals surface area contributed by atoms with E-state index in [0.717, 1.165) is 22.1 Å². The molecule has 168 valence electrons. The van der Waals surface area contributed by atoms with Crippen LogP contribution in [0, 0.1) is 6.92 Å². The molecular weight excluding hydrogens is 452 g/mol. The van der Waals surface area contributed by atoms with E-state index in [0.29, 0.717) is 23.7 Å². The highest BCUT2D eigenvalue weighted by Gasteiger charge is 2.24. The molecule has 3 aromatic carbocycles. The third-order valence-electron chi connectivity index (χ3n) is 6.17. The molecule has 0 spiro atoms. The predicted molar refractivity (Wildman–Crippen MR) is 133 cm³/mol. The van der Waals surface area contributed by atoms with Crippen LogP contribution in [0.2, 0.25) is 0 Å². The Balaban J connectivity index is 1.41. The fourth-order valence-corrected chi connectivity index (χ4v) is 6.36. The van der Waals surface area contributed by atoms with E-state index in [9.17, 15) is 13.2 Å². The molecule has 0 aliphatic carbocycles. The first-order valence-corrected chi connectivity index (χ1v) is 13.0. The average Bonchev–Trinajstić information content (AvgIpc) is 3.26. The second kappa shape index (κ2) is 8.32. The molecule has 0 unspecified atom stereocenters. The molecular formula is C26H24N2O3S2. The molecule has 7 heteroatoms. The van der Waals surface area contributed by atoms with Crippen molar-refractivity contribution in [2.24, 2.45) is 0 Å². The molecule has 1 aliphatic heterocycles. The number of thiophene rings is 1. The number of fused-ring (bicyclic) bond motifs is 2. The molecule has 0 saturated heterocycles. The fraction of sp³-hybridized carbons (Fsp3) is 0.192. The van der Waals surface area contributed by atoms with Crippen LogP contribution in [0.1, 0.15) is 26.4 Å². The topological polar surface area (TPSA) is 57.7 Å². The molecule has 0 saturated carbocycles. The van der Waals surface area contributed by atoms with Crippen molar-refractivity contribution in [3.63, 3.8) is 0 Å². The number of hydrogen-bond donors (Lipinski definition) is 0. The Labute approximate surface area is 197 Å². The molecule has 0 fully saturated rings. The third kappa shape index (κ3) is 4.03. The molecule has 33 heavy (non-hydrogen) atoms. The Morgan fingerprint density at radius 2 is 1.70 bits per heavy atom. The number of hydrogen-bond acceptors (Lipinski definition) is 4. The smallest absolute Gasteiger partial charge is 0.264 e. The number of sulfonamides is 1. The number of carbonyl (C=O) groups is 1. The molecule has 2 heterocycles. The van der Waals surface area contributed by atoms with Crippen molar-refractivity contribution in [1.82, 2.24) is 4.90 Å². The zero-order valence-corrected chi connectivity index (χ0v) is 20.1. The molecule has 0 atom stereocenters. The summed E-state index contributed by atoms with van der Waals surface area (Å²) in [5.74, 6) is 0.0212. The summed E-state index contributed by atoms with van der Waals surface area (Å²) in [5, 5.41) is 0.865. The van der Waals surface area contributed by atoms with E-state index in [1.165, 1.54) is 26.8 Å². The van der Waals surface area contributed by atoms with Crippen molar-refractivity contribution in [3.05, 3.63) is 94.4 Å². The van der Waals surface area contributed by atoms with Crippen LogP contribution >= 0.6 is 11.3 Å². The number of carbonyl (C=O) groups excluding carboxylic acids is 1. The van der Waals surface area contributed by atoms with Crippen molar-refractivity contribution in [1.29, 1.82) is 0 Å². The summed E-state index contributed by atoms with van der Waals surface area (Å²) in [7, 11) is -2.12. The number of anilines is 1. The van der Waals surface area contributed by atoms with Gasteiger partial charge in [0.05, 0.1) is 15.5 Å². The van der Waals surface area contributed by atoms with E-state index in [2.05, 4.69) is 12.1 Å². The van der Waals surface area contributed by atoms with E-state index in [4.69, 9.17) is 0 Å². The Morgan fingerprint density at radius 3 is 2.45 bits per heavy atom. The maximum Gasteiger partial charge on any atom is 0.264 e. The zero-order valence-electron chi connectivity index (χ0n) is 18.5. The van der Waals surface area contributed by atoms with Gasteiger partial charge in [-0.1, -0.05) is 42.0 Å². The number of benzene rings is 3. The van der Waals surface area contributed by atoms with Gasteiger partial charge in [-0.05, 0) is 66.3 Å². The summed E-state index contributed by atoms with van der Waals surface area (Å²) >= 11 is 1.45. The van der Waals surface area contributed by atoms with Gasteiger partial charge in [0.2, 0.25) is 0 Å². The zero-order chi connectivity index (χ0) is 23.2. The molecule has 0 radical (unpaired) electrons. The molecule has 0 N–H and O–H groups in total. The molecule has 1 amide bonds. The summed E-state index contributed by atoms with van der Waals surface area (Å²) in [6, 6.07) is 22.5. The Morgan fingerprint density at radius 1 is 0.970 bits per heavy atom. The third-order valence-corrected chi connectivity index (χ3v) is 9.08. The van der Waals surface area contributed by atoms with Crippen LogP contribution in [0.3, 0.4) is 0 Å². The standard InChI is InChI=1S/C26H24N2O3S2/c1-18-7-10-23(11-8-18)33(30,31)27(2)22-9-12-24-21(15-22)16-25(32-24)26(29)28-14-13-19-5-3-4-6-20(19)17-28/h3-12,15-16H,13-14,17H2,1-2H3. The highest BCUT2D eigenvalue weighted by Crippen LogP contribution is 2.32. The van der Waals surface area contributed by atoms with E-state index < -0.39 is 10.0 Å². The summed E-state index contributed by atoms with van der Waals surface area (Å²) < 4.78 is 28.4. The summed E-state index contributed by atoms with van der Waals surface area (Å²) in [6.07, 6.45) is 0.860. The summed E-state index contributed by atoms with van der Waals surface area (Å²) in [5.41, 5.74) is 4.07. The van der Waals surface area contributed by atoms with Gasteiger partial charge < -0.3 is 4.90 Å². The average molecular weight is 477 g/mol. The van der Waals surface area contributed by atoms with E-state index in [1.54, 1.807) is 37.4 Å². The van der Waals surface area contributed by atoms with Crippen molar-refractivity contribution in [2.75, 3.05) is 17.9 Å². The first kappa shape index (κ1) is 21.7. The lowest BCUT2D eigenvalue weighted by molar-refractivity contribution is 0.0739. The second-order valence-corrected chi connectivity index (χ2v) is 11.4. The number of aryl methyl sites for hydroxylation is 1. The normalized spacial score (nSPS) is 13.7. The van der Waals surface area contributed by atoms with Gasteiger partial charge >= 0.3 is 0 Å². The van der Waals surface area contributed by atoms with Gasteiger partial charge in [-0.3, -0.25) is 9.10 Å². The van der Waals surface area contributed by atoms with Crippen LogP contribution in [0.5, 0.6) is 0 Å². The van der Waals surface area contributed by atoms with Crippen LogP contribution in [0.4, 0.5) is 5.69 Å². The molecule has 4 aromatic rings. The van der Waals surface area contributed by atoms with Gasteiger partial charge in [-0.15, -0.1) is 11.3 Å². The van der Waals surface area contributed by atoms with Crippen LogP contribution in [-0.2, 0) is 23.0 Å². The monoisotopic (exact) mass is 476 g/mol. The van der Waals surface area contributed by atoms with Gasteiger partial charge in [0.25, 0.3) is 15.9 Å². The van der Waals surface area contributed by atoms with E-state index in [-0.39, 0.29) is 10.8 Å². The maximum atomic E-state index is 13.2. The van der Waals surface area contributed by atoms with Crippen LogP contribution < -0.4 is 4.31 Å². The van der Waals surface area contributed by atoms with Crippen LogP contribution in [0.15, 0.2) is 77.7 Å². The van der Waals surface area contributed by atoms with E-state index in [1.807, 2.05) is 42.2 Å². The quantitative estimate of drug-likeness (QED) is 0.405. The van der Waals surface area contributed by atoms with Crippen molar-refractivity contribution < 1.29 is 13.2 Å². The number of nitrogens with zero attached hydrogens (tertiary/aromatic N) is 2. The first-order chi connectivity index (χ1) is 15.8. The molecule has 1 aliphatic rings. The molecule has 5 nitrogen and oxygen atoms in total. The Kier molecular flexibility index (Phi) is 5.46. The van der Waals surface area contributed by atoms with Gasteiger partial charge in [0, 0.05) is 24.8 Å². The lowest BCUT2D eigenvalue weighted by atomic mass is 10.00. The molecule has 0 bridgehead atoms. The minimum atomic E-state index is -3.67. The SMILES string of the molecule is Cc1ccc(S(=O)(=O)N(C)c2ccc3sc(C(=O)N4CCc5ccccc5C4)cc3c2)cc1. The summed E-state index contributed by atoms with van der Waals surface area (Å²) in [4.78, 5) is 16.0. The van der Waals surface area contributed by atoms with Gasteiger partial charge in [0.15, 0.2) is 0 Å². The minimum Gasteiger partial charge on any atom is -0.333 e. The van der Waals surface area contributed by atoms with Gasteiger partial charge in [-0.25, -0.2) is 8.42 Å². The lowest BCUT2D eigenvalue weighted by Crippen LogP contribution is -2.35. The van der Waals surface area contributed by atoms with E-state index >= 15 is 0 Å². The minimum absolute atomic E-state index is 0.0212. The first-order valence-electron chi connectivity index (χ1n) is 10.8. The Bertz CT molecular complexity index is 1460. The van der Waals surface area contributed by atoms with Gasteiger partial charge in [0.1, 0.15) is 0 Å². The second-order valence-electron chi connectivity index (χ2n) is 8.36. The predicted octanol–water partition coefficient (Wildman–Crippen LogP) is 5.23. The van der Waals surface area contributed by atoms with Gasteiger partial charge in [-0.2, -0.15) is 0 Å². The fourth-order valence-electron chi connectivity index (χ4n) is 4.16. The number of amides is 1.